The van der Waals surface area contributed by atoms with Crippen LogP contribution in [0, 0.1) is 11.2 Å². The Balaban J connectivity index is 2.43. The molecule has 17 heavy (non-hydrogen) atoms. The molecule has 0 unspecified atom stereocenters. The number of aromatic nitrogens is 1. The first-order valence-corrected chi connectivity index (χ1v) is 5.39. The van der Waals surface area contributed by atoms with Gasteiger partial charge in [0.15, 0.2) is 0 Å². The van der Waals surface area contributed by atoms with Crippen molar-refractivity contribution in [2.24, 2.45) is 5.41 Å². The molecule has 0 spiro atoms. The number of halogens is 1. The lowest BCUT2D eigenvalue weighted by atomic mass is 9.86. The first-order chi connectivity index (χ1) is 7.90. The summed E-state index contributed by atoms with van der Waals surface area (Å²) < 4.78 is 13.2. The number of carboxylic acids is 1. The van der Waals surface area contributed by atoms with Crippen molar-refractivity contribution < 1.29 is 14.3 Å². The van der Waals surface area contributed by atoms with E-state index in [1.165, 1.54) is 12.1 Å². The average Bonchev–Trinajstić information content (AvgIpc) is 2.60. The molecule has 0 fully saturated rings. The number of carboxylic acid groups (broad SMARTS) is 1. The van der Waals surface area contributed by atoms with Gasteiger partial charge in [-0.15, -0.1) is 0 Å². The predicted octanol–water partition coefficient (Wildman–Crippen LogP) is 2.96. The summed E-state index contributed by atoms with van der Waals surface area (Å²) in [7, 11) is 0. The molecule has 1 aromatic heterocycles. The van der Waals surface area contributed by atoms with Crippen LogP contribution in [0.5, 0.6) is 0 Å². The van der Waals surface area contributed by atoms with Gasteiger partial charge in [-0.05, 0) is 44.0 Å². The maximum Gasteiger partial charge on any atom is 0.309 e. The van der Waals surface area contributed by atoms with Crippen LogP contribution in [0.4, 0.5) is 4.39 Å². The van der Waals surface area contributed by atoms with Crippen LogP contribution >= 0.6 is 0 Å². The van der Waals surface area contributed by atoms with E-state index in [2.05, 4.69) is 4.98 Å². The van der Waals surface area contributed by atoms with Crippen LogP contribution < -0.4 is 0 Å². The highest BCUT2D eigenvalue weighted by atomic mass is 19.1. The third-order valence-electron chi connectivity index (χ3n) is 2.94. The van der Waals surface area contributed by atoms with E-state index < -0.39 is 11.4 Å². The number of carbonyl (C=O) groups is 1. The Labute approximate surface area is 98.3 Å². The smallest absolute Gasteiger partial charge is 0.309 e. The maximum absolute atomic E-state index is 13.2. The van der Waals surface area contributed by atoms with Gasteiger partial charge in [-0.25, -0.2) is 4.39 Å². The Hall–Kier alpha value is -1.84. The minimum atomic E-state index is -0.860. The lowest BCUT2D eigenvalue weighted by Crippen LogP contribution is -2.26. The Kier molecular flexibility index (Phi) is 2.65. The van der Waals surface area contributed by atoms with E-state index in [4.69, 9.17) is 5.11 Å². The van der Waals surface area contributed by atoms with Gasteiger partial charge in [0, 0.05) is 17.1 Å². The highest BCUT2D eigenvalue weighted by Crippen LogP contribution is 2.27. The van der Waals surface area contributed by atoms with Gasteiger partial charge in [0.2, 0.25) is 0 Å². The molecule has 0 aliphatic rings. The fourth-order valence-corrected chi connectivity index (χ4v) is 1.85. The van der Waals surface area contributed by atoms with E-state index in [-0.39, 0.29) is 5.82 Å². The van der Waals surface area contributed by atoms with Gasteiger partial charge in [-0.2, -0.15) is 0 Å². The van der Waals surface area contributed by atoms with Crippen molar-refractivity contribution in [2.45, 2.75) is 20.3 Å². The van der Waals surface area contributed by atoms with E-state index in [9.17, 15) is 9.18 Å². The minimum absolute atomic E-state index is 0.313. The number of rotatable bonds is 3. The zero-order valence-corrected chi connectivity index (χ0v) is 9.75. The first-order valence-electron chi connectivity index (χ1n) is 5.39. The number of hydrogen-bond donors (Lipinski definition) is 2. The second-order valence-electron chi connectivity index (χ2n) is 4.87. The standard InChI is InChI=1S/C13H14FNO2/c1-13(2,12(16)17)6-8-7-15-11-4-3-9(14)5-10(8)11/h3-5,7,15H,6H2,1-2H3,(H,16,17). The number of benzene rings is 1. The average molecular weight is 235 g/mol. The predicted molar refractivity (Wildman–Crippen MR) is 63.4 cm³/mol. The summed E-state index contributed by atoms with van der Waals surface area (Å²) in [5, 5.41) is 9.83. The fraction of sp³-hybridized carbons (Fsp3) is 0.308. The van der Waals surface area contributed by atoms with Crippen molar-refractivity contribution in [1.29, 1.82) is 0 Å². The van der Waals surface area contributed by atoms with Crippen LogP contribution in [0.2, 0.25) is 0 Å². The van der Waals surface area contributed by atoms with Gasteiger partial charge < -0.3 is 10.1 Å². The SMILES string of the molecule is CC(C)(Cc1c[nH]c2ccc(F)cc12)C(=O)O. The Morgan fingerprint density at radius 1 is 1.47 bits per heavy atom. The maximum atomic E-state index is 13.2. The van der Waals surface area contributed by atoms with E-state index in [0.717, 1.165) is 16.5 Å². The van der Waals surface area contributed by atoms with E-state index >= 15 is 0 Å². The molecule has 2 aromatic rings. The molecule has 0 radical (unpaired) electrons. The van der Waals surface area contributed by atoms with Gasteiger partial charge in [-0.1, -0.05) is 0 Å². The van der Waals surface area contributed by atoms with Crippen molar-refractivity contribution >= 4 is 16.9 Å². The molecule has 0 aliphatic heterocycles. The van der Waals surface area contributed by atoms with Crippen LogP contribution in [-0.2, 0) is 11.2 Å². The zero-order chi connectivity index (χ0) is 12.6. The molecule has 0 atom stereocenters. The van der Waals surface area contributed by atoms with Crippen LogP contribution in [0.15, 0.2) is 24.4 Å². The van der Waals surface area contributed by atoms with Crippen molar-refractivity contribution in [2.75, 3.05) is 0 Å². The summed E-state index contributed by atoms with van der Waals surface area (Å²) in [5.41, 5.74) is 0.788. The molecule has 0 saturated carbocycles. The zero-order valence-electron chi connectivity index (χ0n) is 9.75. The summed E-state index contributed by atoms with van der Waals surface area (Å²) in [6.07, 6.45) is 2.11. The molecular weight excluding hydrogens is 221 g/mol. The number of H-pyrrole nitrogens is 1. The molecule has 2 N–H and O–H groups in total. The molecule has 0 aliphatic carbocycles. The number of nitrogens with one attached hydrogen (secondary N) is 1. The second-order valence-corrected chi connectivity index (χ2v) is 4.87. The molecule has 2 rings (SSSR count). The summed E-state index contributed by atoms with van der Waals surface area (Å²) in [6, 6.07) is 4.46. The van der Waals surface area contributed by atoms with Crippen molar-refractivity contribution in [3.8, 4) is 0 Å². The lowest BCUT2D eigenvalue weighted by Gasteiger charge is -2.18. The van der Waals surface area contributed by atoms with E-state index in [1.807, 2.05) is 0 Å². The van der Waals surface area contributed by atoms with Crippen molar-refractivity contribution in [3.05, 3.63) is 35.8 Å². The summed E-state index contributed by atoms with van der Waals surface area (Å²) in [4.78, 5) is 14.1. The van der Waals surface area contributed by atoms with Crippen molar-refractivity contribution in [3.63, 3.8) is 0 Å². The lowest BCUT2D eigenvalue weighted by molar-refractivity contribution is -0.146. The highest BCUT2D eigenvalue weighted by molar-refractivity contribution is 5.84. The Morgan fingerprint density at radius 2 is 2.18 bits per heavy atom. The van der Waals surface area contributed by atoms with Gasteiger partial charge in [0.25, 0.3) is 0 Å². The quantitative estimate of drug-likeness (QED) is 0.859. The van der Waals surface area contributed by atoms with Gasteiger partial charge in [0.05, 0.1) is 5.41 Å². The van der Waals surface area contributed by atoms with Crippen molar-refractivity contribution in [1.82, 2.24) is 4.98 Å². The molecule has 0 amide bonds. The Morgan fingerprint density at radius 3 is 2.82 bits per heavy atom. The van der Waals surface area contributed by atoms with Gasteiger partial charge >= 0.3 is 5.97 Å². The minimum Gasteiger partial charge on any atom is -0.481 e. The fourth-order valence-electron chi connectivity index (χ4n) is 1.85. The summed E-state index contributed by atoms with van der Waals surface area (Å²) in [5.74, 6) is -1.17. The third kappa shape index (κ3) is 2.16. The third-order valence-corrected chi connectivity index (χ3v) is 2.94. The van der Waals surface area contributed by atoms with Crippen LogP contribution in [0.1, 0.15) is 19.4 Å². The van der Waals surface area contributed by atoms with Gasteiger partial charge in [-0.3, -0.25) is 4.79 Å². The molecule has 0 bridgehead atoms. The van der Waals surface area contributed by atoms with Crippen LogP contribution in [0.25, 0.3) is 10.9 Å². The molecule has 4 heteroatoms. The number of aliphatic carboxylic acids is 1. The van der Waals surface area contributed by atoms with Gasteiger partial charge in [0.1, 0.15) is 5.82 Å². The second kappa shape index (κ2) is 3.87. The van der Waals surface area contributed by atoms with Crippen LogP contribution in [0.3, 0.4) is 0 Å². The highest BCUT2D eigenvalue weighted by Gasteiger charge is 2.28. The first kappa shape index (κ1) is 11.6. The molecule has 1 aromatic carbocycles. The topological polar surface area (TPSA) is 53.1 Å². The van der Waals surface area contributed by atoms with Crippen LogP contribution in [-0.4, -0.2) is 16.1 Å². The molecule has 1 heterocycles. The largest absolute Gasteiger partial charge is 0.481 e. The van der Waals surface area contributed by atoms with E-state index in [1.54, 1.807) is 26.1 Å². The molecule has 90 valence electrons. The molecule has 0 saturated heterocycles. The molecule has 3 nitrogen and oxygen atoms in total. The number of hydrogen-bond acceptors (Lipinski definition) is 1. The monoisotopic (exact) mass is 235 g/mol. The number of fused-ring (bicyclic) bond motifs is 1. The summed E-state index contributed by atoms with van der Waals surface area (Å²) in [6.45, 7) is 3.32. The van der Waals surface area contributed by atoms with E-state index in [0.29, 0.717) is 6.42 Å². The molecular formula is C13H14FNO2. The summed E-state index contributed by atoms with van der Waals surface area (Å²) >= 11 is 0. The number of aromatic amines is 1. The normalized spacial score (nSPS) is 11.9. The Bertz CT molecular complexity index is 572.